The molecule has 2 rings (SSSR count). The van der Waals surface area contributed by atoms with Crippen molar-refractivity contribution in [2.24, 2.45) is 0 Å². The van der Waals surface area contributed by atoms with E-state index in [1.54, 1.807) is 12.1 Å². The first-order valence-electron chi connectivity index (χ1n) is 6.53. The van der Waals surface area contributed by atoms with Crippen LogP contribution in [0.1, 0.15) is 22.8 Å². The Labute approximate surface area is 118 Å². The molecule has 3 N–H and O–H groups in total. The molecule has 0 amide bonds. The number of carboxylic acid groups (broad SMARTS) is 1. The largest absolute Gasteiger partial charge is 0.478 e. The van der Waals surface area contributed by atoms with Gasteiger partial charge in [-0.1, -0.05) is 30.3 Å². The van der Waals surface area contributed by atoms with Gasteiger partial charge < -0.3 is 15.7 Å². The Balaban J connectivity index is 2.31. The van der Waals surface area contributed by atoms with Gasteiger partial charge in [0.05, 0.1) is 16.9 Å². The molecule has 0 aliphatic heterocycles. The van der Waals surface area contributed by atoms with Crippen LogP contribution < -0.4 is 10.6 Å². The zero-order valence-corrected chi connectivity index (χ0v) is 11.4. The second-order valence-corrected chi connectivity index (χ2v) is 4.58. The van der Waals surface area contributed by atoms with Gasteiger partial charge in [-0.05, 0) is 30.7 Å². The Morgan fingerprint density at radius 1 is 1.20 bits per heavy atom. The number of benzene rings is 2. The molecule has 4 heteroatoms. The Kier molecular flexibility index (Phi) is 4.25. The fourth-order valence-electron chi connectivity index (χ4n) is 2.12. The number of nitrogen functional groups attached to an aromatic ring is 1. The maximum absolute atomic E-state index is 11.1. The number of anilines is 2. The first kappa shape index (κ1) is 13.9. The van der Waals surface area contributed by atoms with Crippen LogP contribution in [0, 0.1) is 0 Å². The van der Waals surface area contributed by atoms with E-state index in [4.69, 9.17) is 10.8 Å². The summed E-state index contributed by atoms with van der Waals surface area (Å²) in [7, 11) is 0. The lowest BCUT2D eigenvalue weighted by Gasteiger charge is -2.25. The van der Waals surface area contributed by atoms with Gasteiger partial charge in [0.15, 0.2) is 0 Å². The third-order valence-electron chi connectivity index (χ3n) is 3.22. The van der Waals surface area contributed by atoms with Gasteiger partial charge in [0.25, 0.3) is 0 Å². The second kappa shape index (κ2) is 6.10. The van der Waals surface area contributed by atoms with Crippen molar-refractivity contribution >= 4 is 17.3 Å². The quantitative estimate of drug-likeness (QED) is 0.820. The number of nitrogens with zero attached hydrogens (tertiary/aromatic N) is 1. The first-order chi connectivity index (χ1) is 9.61. The number of rotatable bonds is 5. The number of carboxylic acids is 1. The molecule has 20 heavy (non-hydrogen) atoms. The molecule has 0 aromatic heterocycles. The zero-order valence-electron chi connectivity index (χ0n) is 11.4. The molecule has 0 unspecified atom stereocenters. The van der Waals surface area contributed by atoms with Gasteiger partial charge in [0, 0.05) is 13.1 Å². The van der Waals surface area contributed by atoms with Gasteiger partial charge in [0.1, 0.15) is 0 Å². The van der Waals surface area contributed by atoms with Crippen LogP contribution in [0.3, 0.4) is 0 Å². The second-order valence-electron chi connectivity index (χ2n) is 4.58. The van der Waals surface area contributed by atoms with Crippen molar-refractivity contribution in [1.82, 2.24) is 0 Å². The fraction of sp³-hybridized carbons (Fsp3) is 0.188. The molecule has 0 aliphatic rings. The molecule has 4 nitrogen and oxygen atoms in total. The van der Waals surface area contributed by atoms with E-state index in [2.05, 4.69) is 4.90 Å². The van der Waals surface area contributed by atoms with Crippen molar-refractivity contribution in [1.29, 1.82) is 0 Å². The molecule has 0 atom stereocenters. The van der Waals surface area contributed by atoms with E-state index in [9.17, 15) is 4.79 Å². The summed E-state index contributed by atoms with van der Waals surface area (Å²) in [6, 6.07) is 14.8. The predicted octanol–water partition coefficient (Wildman–Crippen LogP) is 2.99. The van der Waals surface area contributed by atoms with Crippen LogP contribution in [0.5, 0.6) is 0 Å². The number of carbonyl (C=O) groups is 1. The molecule has 0 saturated carbocycles. The number of hydrogen-bond donors (Lipinski definition) is 2. The van der Waals surface area contributed by atoms with E-state index < -0.39 is 5.97 Å². The smallest absolute Gasteiger partial charge is 0.335 e. The van der Waals surface area contributed by atoms with Gasteiger partial charge in [0.2, 0.25) is 0 Å². The molecular formula is C16H18N2O2. The standard InChI is InChI=1S/C16H18N2O2/c1-2-18(11-12-6-4-3-5-7-12)15-10-13(16(19)20)8-9-14(15)17/h3-10H,2,11,17H2,1H3,(H,19,20). The topological polar surface area (TPSA) is 66.6 Å². The Bertz CT molecular complexity index is 597. The monoisotopic (exact) mass is 270 g/mol. The minimum atomic E-state index is -0.943. The van der Waals surface area contributed by atoms with Crippen molar-refractivity contribution in [3.05, 3.63) is 59.7 Å². The highest BCUT2D eigenvalue weighted by Crippen LogP contribution is 2.26. The van der Waals surface area contributed by atoms with E-state index in [0.29, 0.717) is 12.2 Å². The normalized spacial score (nSPS) is 10.2. The van der Waals surface area contributed by atoms with E-state index in [-0.39, 0.29) is 5.56 Å². The van der Waals surface area contributed by atoms with Crippen LogP contribution >= 0.6 is 0 Å². The summed E-state index contributed by atoms with van der Waals surface area (Å²) in [5.74, 6) is -0.943. The zero-order chi connectivity index (χ0) is 14.5. The maximum atomic E-state index is 11.1. The minimum Gasteiger partial charge on any atom is -0.478 e. The fourth-order valence-corrected chi connectivity index (χ4v) is 2.12. The van der Waals surface area contributed by atoms with Crippen molar-refractivity contribution in [3.63, 3.8) is 0 Å². The number of nitrogens with two attached hydrogens (primary N) is 1. The molecule has 0 fully saturated rings. The number of hydrogen-bond acceptors (Lipinski definition) is 3. The predicted molar refractivity (Wildman–Crippen MR) is 81.0 cm³/mol. The van der Waals surface area contributed by atoms with Gasteiger partial charge >= 0.3 is 5.97 Å². The highest BCUT2D eigenvalue weighted by molar-refractivity contribution is 5.90. The van der Waals surface area contributed by atoms with Crippen LogP contribution in [-0.2, 0) is 6.54 Å². The lowest BCUT2D eigenvalue weighted by Crippen LogP contribution is -2.23. The molecule has 0 heterocycles. The highest BCUT2D eigenvalue weighted by atomic mass is 16.4. The maximum Gasteiger partial charge on any atom is 0.335 e. The van der Waals surface area contributed by atoms with E-state index >= 15 is 0 Å². The molecule has 0 aliphatic carbocycles. The highest BCUT2D eigenvalue weighted by Gasteiger charge is 2.12. The average Bonchev–Trinajstić information content (AvgIpc) is 2.46. The van der Waals surface area contributed by atoms with Crippen LogP contribution in [0.2, 0.25) is 0 Å². The minimum absolute atomic E-state index is 0.251. The van der Waals surface area contributed by atoms with Crippen molar-refractivity contribution in [3.8, 4) is 0 Å². The summed E-state index contributed by atoms with van der Waals surface area (Å²) in [6.45, 7) is 3.47. The summed E-state index contributed by atoms with van der Waals surface area (Å²) < 4.78 is 0. The van der Waals surface area contributed by atoms with Crippen LogP contribution in [0.25, 0.3) is 0 Å². The average molecular weight is 270 g/mol. The van der Waals surface area contributed by atoms with Crippen LogP contribution in [-0.4, -0.2) is 17.6 Å². The molecule has 2 aromatic rings. The van der Waals surface area contributed by atoms with Gasteiger partial charge in [-0.2, -0.15) is 0 Å². The van der Waals surface area contributed by atoms with E-state index in [0.717, 1.165) is 17.8 Å². The third kappa shape index (κ3) is 3.09. The lowest BCUT2D eigenvalue weighted by atomic mass is 10.1. The molecule has 2 aromatic carbocycles. The van der Waals surface area contributed by atoms with Crippen molar-refractivity contribution in [2.45, 2.75) is 13.5 Å². The van der Waals surface area contributed by atoms with Crippen LogP contribution in [0.4, 0.5) is 11.4 Å². The van der Waals surface area contributed by atoms with Crippen molar-refractivity contribution < 1.29 is 9.90 Å². The molecule has 0 radical (unpaired) electrons. The summed E-state index contributed by atoms with van der Waals surface area (Å²) in [5.41, 5.74) is 8.75. The van der Waals surface area contributed by atoms with Gasteiger partial charge in [-0.3, -0.25) is 0 Å². The Hall–Kier alpha value is -2.49. The Morgan fingerprint density at radius 3 is 2.50 bits per heavy atom. The summed E-state index contributed by atoms with van der Waals surface area (Å²) in [4.78, 5) is 13.1. The SMILES string of the molecule is CCN(Cc1ccccc1)c1cc(C(=O)O)ccc1N. The van der Waals surface area contributed by atoms with Gasteiger partial charge in [-0.25, -0.2) is 4.79 Å². The molecule has 0 saturated heterocycles. The third-order valence-corrected chi connectivity index (χ3v) is 3.22. The Morgan fingerprint density at radius 2 is 1.90 bits per heavy atom. The van der Waals surface area contributed by atoms with Gasteiger partial charge in [-0.15, -0.1) is 0 Å². The molecule has 0 bridgehead atoms. The summed E-state index contributed by atoms with van der Waals surface area (Å²) >= 11 is 0. The number of aromatic carboxylic acids is 1. The lowest BCUT2D eigenvalue weighted by molar-refractivity contribution is 0.0697. The van der Waals surface area contributed by atoms with Crippen molar-refractivity contribution in [2.75, 3.05) is 17.2 Å². The van der Waals surface area contributed by atoms with Crippen LogP contribution in [0.15, 0.2) is 48.5 Å². The van der Waals surface area contributed by atoms with E-state index in [1.165, 1.54) is 6.07 Å². The molecule has 104 valence electrons. The summed E-state index contributed by atoms with van der Waals surface area (Å²) in [5, 5.41) is 9.09. The molecular weight excluding hydrogens is 252 g/mol. The van der Waals surface area contributed by atoms with E-state index in [1.807, 2.05) is 37.3 Å². The molecule has 0 spiro atoms. The summed E-state index contributed by atoms with van der Waals surface area (Å²) in [6.07, 6.45) is 0. The first-order valence-corrected chi connectivity index (χ1v) is 6.53.